The standard InChI is InChI=1S/C21H24N4O6S2/c1-15-3-7-18(8-4-15)32(26,27)24-16(2)21-22-20(23-31-21)17-5-9-19(10-6-17)33(28,29)25-11-13-30-14-12-25/h3-10,16,24H,11-14H2,1-2H3. The summed E-state index contributed by atoms with van der Waals surface area (Å²) in [7, 11) is -7.38. The maximum Gasteiger partial charge on any atom is 0.244 e. The lowest BCUT2D eigenvalue weighted by atomic mass is 10.2. The molecule has 0 spiro atoms. The van der Waals surface area contributed by atoms with Gasteiger partial charge in [-0.2, -0.15) is 14.0 Å². The van der Waals surface area contributed by atoms with E-state index in [-0.39, 0.29) is 21.5 Å². The minimum atomic E-state index is -3.77. The lowest BCUT2D eigenvalue weighted by Crippen LogP contribution is -2.40. The van der Waals surface area contributed by atoms with E-state index in [1.165, 1.54) is 28.6 Å². The number of sulfonamides is 2. The van der Waals surface area contributed by atoms with Crippen LogP contribution >= 0.6 is 0 Å². The summed E-state index contributed by atoms with van der Waals surface area (Å²) in [6.07, 6.45) is 0. The van der Waals surface area contributed by atoms with E-state index < -0.39 is 26.1 Å². The molecule has 2 heterocycles. The van der Waals surface area contributed by atoms with Crippen molar-refractivity contribution in [1.29, 1.82) is 0 Å². The molecule has 33 heavy (non-hydrogen) atoms. The van der Waals surface area contributed by atoms with Crippen molar-refractivity contribution in [1.82, 2.24) is 19.2 Å². The van der Waals surface area contributed by atoms with Crippen molar-refractivity contribution in [2.45, 2.75) is 29.7 Å². The SMILES string of the molecule is Cc1ccc(S(=O)(=O)NC(C)c2nc(-c3ccc(S(=O)(=O)N4CCOCC4)cc3)no2)cc1. The van der Waals surface area contributed by atoms with E-state index in [9.17, 15) is 16.8 Å². The summed E-state index contributed by atoms with van der Waals surface area (Å²) in [5.41, 5.74) is 1.49. The van der Waals surface area contributed by atoms with E-state index in [0.717, 1.165) is 5.56 Å². The molecule has 0 amide bonds. The van der Waals surface area contributed by atoms with Crippen molar-refractivity contribution in [2.24, 2.45) is 0 Å². The minimum Gasteiger partial charge on any atom is -0.379 e. The molecule has 0 radical (unpaired) electrons. The molecule has 1 aliphatic heterocycles. The Morgan fingerprint density at radius 1 is 0.939 bits per heavy atom. The summed E-state index contributed by atoms with van der Waals surface area (Å²) in [5.74, 6) is 0.312. The van der Waals surface area contributed by atoms with Crippen LogP contribution in [0.1, 0.15) is 24.4 Å². The average Bonchev–Trinajstić information content (AvgIpc) is 3.30. The van der Waals surface area contributed by atoms with Gasteiger partial charge in [-0.05, 0) is 50.2 Å². The van der Waals surface area contributed by atoms with Crippen LogP contribution in [-0.4, -0.2) is 57.6 Å². The number of ether oxygens (including phenoxy) is 1. The second kappa shape index (κ2) is 9.31. The highest BCUT2D eigenvalue weighted by atomic mass is 32.2. The molecule has 12 heteroatoms. The molecule has 1 N–H and O–H groups in total. The average molecular weight is 493 g/mol. The first kappa shape index (κ1) is 23.5. The zero-order chi connectivity index (χ0) is 23.6. The molecule has 1 aliphatic rings. The van der Waals surface area contributed by atoms with Crippen molar-refractivity contribution in [2.75, 3.05) is 26.3 Å². The molecular weight excluding hydrogens is 468 g/mol. The largest absolute Gasteiger partial charge is 0.379 e. The topological polar surface area (TPSA) is 132 Å². The Morgan fingerprint density at radius 3 is 2.18 bits per heavy atom. The third-order valence-electron chi connectivity index (χ3n) is 5.20. The predicted octanol–water partition coefficient (Wildman–Crippen LogP) is 2.11. The van der Waals surface area contributed by atoms with E-state index >= 15 is 0 Å². The van der Waals surface area contributed by atoms with Crippen molar-refractivity contribution in [3.05, 3.63) is 60.0 Å². The van der Waals surface area contributed by atoms with Gasteiger partial charge in [-0.15, -0.1) is 0 Å². The van der Waals surface area contributed by atoms with Crippen LogP contribution in [0, 0.1) is 6.92 Å². The summed E-state index contributed by atoms with van der Waals surface area (Å²) in [6, 6.07) is 11.9. The van der Waals surface area contributed by atoms with Crippen LogP contribution in [0.3, 0.4) is 0 Å². The van der Waals surface area contributed by atoms with Crippen LogP contribution in [0.15, 0.2) is 62.8 Å². The van der Waals surface area contributed by atoms with Gasteiger partial charge in [0.05, 0.1) is 29.0 Å². The molecule has 1 unspecified atom stereocenters. The molecule has 3 aromatic rings. The maximum absolute atomic E-state index is 12.8. The molecule has 1 aromatic heterocycles. The number of hydrogen-bond acceptors (Lipinski definition) is 8. The lowest BCUT2D eigenvalue weighted by Gasteiger charge is -2.26. The van der Waals surface area contributed by atoms with Crippen molar-refractivity contribution in [3.63, 3.8) is 0 Å². The van der Waals surface area contributed by atoms with E-state index in [1.54, 1.807) is 31.2 Å². The molecule has 0 aliphatic carbocycles. The van der Waals surface area contributed by atoms with E-state index in [1.807, 2.05) is 6.92 Å². The molecule has 1 saturated heterocycles. The Balaban J connectivity index is 1.48. The Labute approximate surface area is 192 Å². The Bertz CT molecular complexity index is 1310. The fourth-order valence-electron chi connectivity index (χ4n) is 3.31. The number of benzene rings is 2. The summed E-state index contributed by atoms with van der Waals surface area (Å²) >= 11 is 0. The number of nitrogens with one attached hydrogen (secondary N) is 1. The highest BCUT2D eigenvalue weighted by Gasteiger charge is 2.27. The second-order valence-electron chi connectivity index (χ2n) is 7.65. The minimum absolute atomic E-state index is 0.0886. The molecule has 0 bridgehead atoms. The lowest BCUT2D eigenvalue weighted by molar-refractivity contribution is 0.0730. The van der Waals surface area contributed by atoms with E-state index in [0.29, 0.717) is 31.9 Å². The fourth-order valence-corrected chi connectivity index (χ4v) is 5.91. The first-order chi connectivity index (χ1) is 15.7. The molecule has 1 atom stereocenters. The monoisotopic (exact) mass is 492 g/mol. The van der Waals surface area contributed by atoms with Crippen LogP contribution < -0.4 is 4.72 Å². The van der Waals surface area contributed by atoms with Gasteiger partial charge in [-0.1, -0.05) is 22.9 Å². The summed E-state index contributed by atoms with van der Waals surface area (Å²) < 4.78 is 65.1. The summed E-state index contributed by atoms with van der Waals surface area (Å²) in [5, 5.41) is 3.91. The number of nitrogens with zero attached hydrogens (tertiary/aromatic N) is 3. The van der Waals surface area contributed by atoms with Gasteiger partial charge in [0.2, 0.25) is 31.8 Å². The third-order valence-corrected chi connectivity index (χ3v) is 8.67. The first-order valence-electron chi connectivity index (χ1n) is 10.3. The molecular formula is C21H24N4O6S2. The highest BCUT2D eigenvalue weighted by Crippen LogP contribution is 2.24. The molecule has 1 fully saturated rings. The molecule has 10 nitrogen and oxygen atoms in total. The summed E-state index contributed by atoms with van der Waals surface area (Å²) in [4.78, 5) is 4.57. The van der Waals surface area contributed by atoms with Crippen LogP contribution in [-0.2, 0) is 24.8 Å². The Morgan fingerprint density at radius 2 is 1.55 bits per heavy atom. The van der Waals surface area contributed by atoms with Gasteiger partial charge in [0.25, 0.3) is 0 Å². The van der Waals surface area contributed by atoms with Gasteiger partial charge in [-0.25, -0.2) is 16.8 Å². The number of aromatic nitrogens is 2. The highest BCUT2D eigenvalue weighted by molar-refractivity contribution is 7.89. The molecule has 176 valence electrons. The van der Waals surface area contributed by atoms with Crippen LogP contribution in [0.4, 0.5) is 0 Å². The smallest absolute Gasteiger partial charge is 0.244 e. The zero-order valence-corrected chi connectivity index (χ0v) is 19.8. The Hall–Kier alpha value is -2.64. The van der Waals surface area contributed by atoms with E-state index in [2.05, 4.69) is 14.9 Å². The number of hydrogen-bond donors (Lipinski definition) is 1. The second-order valence-corrected chi connectivity index (χ2v) is 11.3. The predicted molar refractivity (Wildman–Crippen MR) is 119 cm³/mol. The quantitative estimate of drug-likeness (QED) is 0.530. The maximum atomic E-state index is 12.8. The van der Waals surface area contributed by atoms with Gasteiger partial charge >= 0.3 is 0 Å². The van der Waals surface area contributed by atoms with Crippen LogP contribution in [0.5, 0.6) is 0 Å². The first-order valence-corrected chi connectivity index (χ1v) is 13.2. The number of morpholine rings is 1. The fraction of sp³-hybridized carbons (Fsp3) is 0.333. The molecule has 2 aromatic carbocycles. The molecule has 4 rings (SSSR count). The van der Waals surface area contributed by atoms with Crippen LogP contribution in [0.2, 0.25) is 0 Å². The van der Waals surface area contributed by atoms with Crippen molar-refractivity contribution in [3.8, 4) is 11.4 Å². The van der Waals surface area contributed by atoms with Gasteiger partial charge in [0.15, 0.2) is 0 Å². The normalized spacial score (nSPS) is 16.5. The van der Waals surface area contributed by atoms with Crippen molar-refractivity contribution < 1.29 is 26.1 Å². The number of rotatable bonds is 7. The van der Waals surface area contributed by atoms with Gasteiger partial charge in [-0.3, -0.25) is 0 Å². The summed E-state index contributed by atoms with van der Waals surface area (Å²) in [6.45, 7) is 4.84. The Kier molecular flexibility index (Phi) is 6.64. The van der Waals surface area contributed by atoms with E-state index in [4.69, 9.17) is 9.26 Å². The van der Waals surface area contributed by atoms with Gasteiger partial charge in [0, 0.05) is 18.7 Å². The zero-order valence-electron chi connectivity index (χ0n) is 18.1. The van der Waals surface area contributed by atoms with Gasteiger partial charge in [0.1, 0.15) is 0 Å². The van der Waals surface area contributed by atoms with Gasteiger partial charge < -0.3 is 9.26 Å². The molecule has 0 saturated carbocycles. The third kappa shape index (κ3) is 5.14. The van der Waals surface area contributed by atoms with Crippen molar-refractivity contribution >= 4 is 20.0 Å². The number of aryl methyl sites for hydroxylation is 1. The van der Waals surface area contributed by atoms with Crippen LogP contribution in [0.25, 0.3) is 11.4 Å².